The van der Waals surface area contributed by atoms with Crippen molar-refractivity contribution in [3.63, 3.8) is 0 Å². The highest BCUT2D eigenvalue weighted by Gasteiger charge is 2.08. The van der Waals surface area contributed by atoms with Crippen LogP contribution in [-0.2, 0) is 0 Å². The second-order valence-electron chi connectivity index (χ2n) is 3.74. The normalized spacial score (nSPS) is 10.8. The monoisotopic (exact) mass is 319 g/mol. The Hall–Kier alpha value is -1.52. The molecule has 0 spiro atoms. The maximum Gasteiger partial charge on any atom is 0.163 e. The number of hydrogen-bond acceptors (Lipinski definition) is 3. The Morgan fingerprint density at radius 3 is 2.78 bits per heavy atom. The topological polar surface area (TPSA) is 38.7 Å². The average molecular weight is 321 g/mol. The first kappa shape index (κ1) is 11.6. The van der Waals surface area contributed by atoms with Gasteiger partial charge in [0.25, 0.3) is 0 Å². The van der Waals surface area contributed by atoms with Crippen LogP contribution >= 0.6 is 27.5 Å². The van der Waals surface area contributed by atoms with E-state index in [1.807, 2.05) is 30.3 Å². The third kappa shape index (κ3) is 2.09. The lowest BCUT2D eigenvalue weighted by Gasteiger charge is -2.04. The minimum absolute atomic E-state index is 0.445. The summed E-state index contributed by atoms with van der Waals surface area (Å²) in [6.45, 7) is 0. The van der Waals surface area contributed by atoms with Crippen LogP contribution in [0.4, 0.5) is 0 Å². The van der Waals surface area contributed by atoms with Crippen LogP contribution < -0.4 is 0 Å². The third-order valence-electron chi connectivity index (χ3n) is 2.53. The van der Waals surface area contributed by atoms with Crippen LogP contribution in [0.1, 0.15) is 0 Å². The summed E-state index contributed by atoms with van der Waals surface area (Å²) in [4.78, 5) is 12.9. The predicted molar refractivity (Wildman–Crippen MR) is 75.5 cm³/mol. The Bertz CT molecular complexity index is 716. The molecule has 0 atom stereocenters. The molecule has 2 aromatic heterocycles. The molecule has 0 aliphatic rings. The van der Waals surface area contributed by atoms with Crippen molar-refractivity contribution in [3.05, 3.63) is 52.4 Å². The van der Waals surface area contributed by atoms with Gasteiger partial charge >= 0.3 is 0 Å². The van der Waals surface area contributed by atoms with Crippen molar-refractivity contribution in [2.75, 3.05) is 0 Å². The molecule has 3 rings (SSSR count). The van der Waals surface area contributed by atoms with Gasteiger partial charge in [0.1, 0.15) is 5.15 Å². The van der Waals surface area contributed by atoms with Gasteiger partial charge in [0.2, 0.25) is 0 Å². The van der Waals surface area contributed by atoms with Gasteiger partial charge in [-0.3, -0.25) is 4.98 Å². The summed E-state index contributed by atoms with van der Waals surface area (Å²) in [5, 5.41) is 1.28. The molecule has 5 heteroatoms. The molecular formula is C13H7BrClN3. The Kier molecular flexibility index (Phi) is 2.97. The number of benzene rings is 1. The molecule has 0 aliphatic carbocycles. The maximum atomic E-state index is 6.19. The van der Waals surface area contributed by atoms with E-state index >= 15 is 0 Å². The minimum Gasteiger partial charge on any atom is -0.264 e. The van der Waals surface area contributed by atoms with Crippen LogP contribution in [0.15, 0.2) is 47.2 Å². The maximum absolute atomic E-state index is 6.19. The van der Waals surface area contributed by atoms with E-state index in [2.05, 4.69) is 30.9 Å². The molecule has 3 nitrogen and oxygen atoms in total. The van der Waals surface area contributed by atoms with Crippen LogP contribution in [0.25, 0.3) is 22.3 Å². The molecule has 3 aromatic rings. The first-order valence-electron chi connectivity index (χ1n) is 5.27. The SMILES string of the molecule is Clc1nc(-c2cccnc2)nc2ccc(Br)cc12. The van der Waals surface area contributed by atoms with E-state index in [4.69, 9.17) is 11.6 Å². The van der Waals surface area contributed by atoms with Crippen LogP contribution in [0, 0.1) is 0 Å². The molecule has 0 fully saturated rings. The Morgan fingerprint density at radius 2 is 2.00 bits per heavy atom. The standard InChI is InChI=1S/C13H7BrClN3/c14-9-3-4-11-10(6-9)12(15)18-13(17-11)8-2-1-5-16-7-8/h1-7H. The van der Waals surface area contributed by atoms with E-state index in [0.717, 1.165) is 20.9 Å². The fraction of sp³-hybridized carbons (Fsp3) is 0. The summed E-state index contributed by atoms with van der Waals surface area (Å²) in [6.07, 6.45) is 3.43. The van der Waals surface area contributed by atoms with Crippen molar-refractivity contribution in [2.45, 2.75) is 0 Å². The molecule has 0 N–H and O–H groups in total. The van der Waals surface area contributed by atoms with Crippen molar-refractivity contribution in [1.82, 2.24) is 15.0 Å². The Morgan fingerprint density at radius 1 is 1.11 bits per heavy atom. The average Bonchev–Trinajstić information content (AvgIpc) is 2.40. The number of halogens is 2. The molecule has 0 amide bonds. The molecule has 0 bridgehead atoms. The van der Waals surface area contributed by atoms with Gasteiger partial charge in [0.05, 0.1) is 5.52 Å². The summed E-state index contributed by atoms with van der Waals surface area (Å²) in [7, 11) is 0. The molecular weight excluding hydrogens is 314 g/mol. The lowest BCUT2D eigenvalue weighted by Crippen LogP contribution is -1.92. The Balaban J connectivity index is 2.25. The Labute approximate surface area is 117 Å². The lowest BCUT2D eigenvalue weighted by molar-refractivity contribution is 1.21. The van der Waals surface area contributed by atoms with Crippen LogP contribution in [0.2, 0.25) is 5.15 Å². The van der Waals surface area contributed by atoms with Crippen LogP contribution in [0.5, 0.6) is 0 Å². The highest BCUT2D eigenvalue weighted by Crippen LogP contribution is 2.26. The first-order valence-corrected chi connectivity index (χ1v) is 6.44. The first-order chi connectivity index (χ1) is 8.74. The van der Waals surface area contributed by atoms with E-state index in [9.17, 15) is 0 Å². The van der Waals surface area contributed by atoms with E-state index in [1.165, 1.54) is 0 Å². The van der Waals surface area contributed by atoms with Crippen molar-refractivity contribution in [2.24, 2.45) is 0 Å². The quantitative estimate of drug-likeness (QED) is 0.633. The van der Waals surface area contributed by atoms with Gasteiger partial charge in [-0.2, -0.15) is 0 Å². The van der Waals surface area contributed by atoms with Crippen molar-refractivity contribution in [3.8, 4) is 11.4 Å². The summed E-state index contributed by atoms with van der Waals surface area (Å²) < 4.78 is 0.953. The van der Waals surface area contributed by atoms with E-state index in [-0.39, 0.29) is 0 Å². The van der Waals surface area contributed by atoms with Gasteiger partial charge in [-0.1, -0.05) is 27.5 Å². The molecule has 2 heterocycles. The molecule has 0 saturated heterocycles. The van der Waals surface area contributed by atoms with Crippen molar-refractivity contribution < 1.29 is 0 Å². The zero-order valence-corrected chi connectivity index (χ0v) is 11.5. The lowest BCUT2D eigenvalue weighted by atomic mass is 10.2. The van der Waals surface area contributed by atoms with E-state index < -0.39 is 0 Å². The van der Waals surface area contributed by atoms with Gasteiger partial charge in [-0.15, -0.1) is 0 Å². The number of pyridine rings is 1. The zero-order valence-electron chi connectivity index (χ0n) is 9.14. The fourth-order valence-electron chi connectivity index (χ4n) is 1.69. The largest absolute Gasteiger partial charge is 0.264 e. The number of fused-ring (bicyclic) bond motifs is 1. The van der Waals surface area contributed by atoms with Gasteiger partial charge in [-0.25, -0.2) is 9.97 Å². The van der Waals surface area contributed by atoms with Gasteiger partial charge in [0, 0.05) is 27.8 Å². The van der Waals surface area contributed by atoms with Crippen molar-refractivity contribution in [1.29, 1.82) is 0 Å². The second kappa shape index (κ2) is 4.63. The van der Waals surface area contributed by atoms with Gasteiger partial charge < -0.3 is 0 Å². The fourth-order valence-corrected chi connectivity index (χ4v) is 2.28. The summed E-state index contributed by atoms with van der Waals surface area (Å²) in [5.74, 6) is 0.586. The van der Waals surface area contributed by atoms with E-state index in [1.54, 1.807) is 12.4 Å². The predicted octanol–water partition coefficient (Wildman–Crippen LogP) is 4.11. The third-order valence-corrected chi connectivity index (χ3v) is 3.31. The number of hydrogen-bond donors (Lipinski definition) is 0. The molecule has 1 aromatic carbocycles. The smallest absolute Gasteiger partial charge is 0.163 e. The second-order valence-corrected chi connectivity index (χ2v) is 5.01. The van der Waals surface area contributed by atoms with Gasteiger partial charge in [-0.05, 0) is 30.3 Å². The molecule has 18 heavy (non-hydrogen) atoms. The summed E-state index contributed by atoms with van der Waals surface area (Å²) in [6, 6.07) is 9.50. The molecule has 0 saturated carbocycles. The minimum atomic E-state index is 0.445. The molecule has 0 unspecified atom stereocenters. The summed E-state index contributed by atoms with van der Waals surface area (Å²) in [5.41, 5.74) is 1.67. The van der Waals surface area contributed by atoms with Crippen LogP contribution in [0.3, 0.4) is 0 Å². The molecule has 88 valence electrons. The summed E-state index contributed by atoms with van der Waals surface area (Å²) >= 11 is 9.60. The van der Waals surface area contributed by atoms with Crippen LogP contribution in [-0.4, -0.2) is 15.0 Å². The highest BCUT2D eigenvalue weighted by atomic mass is 79.9. The highest BCUT2D eigenvalue weighted by molar-refractivity contribution is 9.10. The number of nitrogens with zero attached hydrogens (tertiary/aromatic N) is 3. The van der Waals surface area contributed by atoms with Gasteiger partial charge in [0.15, 0.2) is 5.82 Å². The zero-order chi connectivity index (χ0) is 12.5. The number of aromatic nitrogens is 3. The van der Waals surface area contributed by atoms with Crippen molar-refractivity contribution >= 4 is 38.4 Å². The molecule has 0 radical (unpaired) electrons. The number of rotatable bonds is 1. The van der Waals surface area contributed by atoms with E-state index in [0.29, 0.717) is 11.0 Å². The molecule has 0 aliphatic heterocycles.